The number of aryl methyl sites for hydroxylation is 2. The molecule has 84 valence electrons. The Hall–Kier alpha value is -0.830. The van der Waals surface area contributed by atoms with Crippen molar-refractivity contribution < 1.29 is 0 Å². The number of aromatic nitrogens is 2. The highest BCUT2D eigenvalue weighted by molar-refractivity contribution is 5.01. The molecule has 1 saturated heterocycles. The Labute approximate surface area is 92.1 Å². The SMILES string of the molecule is Cc1cn(C)c(CN2CCCCCC2)n1. The van der Waals surface area contributed by atoms with Crippen LogP contribution in [0.3, 0.4) is 0 Å². The minimum absolute atomic E-state index is 1.02. The van der Waals surface area contributed by atoms with Crippen molar-refractivity contribution in [3.05, 3.63) is 17.7 Å². The smallest absolute Gasteiger partial charge is 0.122 e. The van der Waals surface area contributed by atoms with Gasteiger partial charge in [0.05, 0.1) is 12.2 Å². The zero-order valence-corrected chi connectivity index (χ0v) is 9.87. The summed E-state index contributed by atoms with van der Waals surface area (Å²) in [7, 11) is 2.09. The maximum Gasteiger partial charge on any atom is 0.122 e. The van der Waals surface area contributed by atoms with E-state index in [1.54, 1.807) is 0 Å². The van der Waals surface area contributed by atoms with Gasteiger partial charge in [0, 0.05) is 13.2 Å². The summed E-state index contributed by atoms with van der Waals surface area (Å²) >= 11 is 0. The van der Waals surface area contributed by atoms with Gasteiger partial charge in [-0.05, 0) is 32.9 Å². The van der Waals surface area contributed by atoms with Crippen molar-refractivity contribution in [3.8, 4) is 0 Å². The number of hydrogen-bond acceptors (Lipinski definition) is 2. The van der Waals surface area contributed by atoms with E-state index in [1.807, 2.05) is 0 Å². The highest BCUT2D eigenvalue weighted by Gasteiger charge is 2.11. The van der Waals surface area contributed by atoms with Gasteiger partial charge in [-0.1, -0.05) is 12.8 Å². The summed E-state index contributed by atoms with van der Waals surface area (Å²) in [5, 5.41) is 0. The van der Waals surface area contributed by atoms with E-state index in [0.29, 0.717) is 0 Å². The van der Waals surface area contributed by atoms with E-state index in [-0.39, 0.29) is 0 Å². The Bertz CT molecular complexity index is 309. The first-order chi connectivity index (χ1) is 7.25. The molecule has 3 nitrogen and oxygen atoms in total. The summed E-state index contributed by atoms with van der Waals surface area (Å²) in [5.41, 5.74) is 1.13. The molecule has 1 aromatic heterocycles. The number of imidazole rings is 1. The van der Waals surface area contributed by atoms with Crippen molar-refractivity contribution >= 4 is 0 Å². The first-order valence-electron chi connectivity index (χ1n) is 5.97. The average Bonchev–Trinajstić information content (AvgIpc) is 2.44. The highest BCUT2D eigenvalue weighted by atomic mass is 15.2. The fourth-order valence-electron chi connectivity index (χ4n) is 2.31. The number of likely N-dealkylation sites (tertiary alicyclic amines) is 1. The molecule has 0 unspecified atom stereocenters. The summed E-state index contributed by atoms with van der Waals surface area (Å²) in [6, 6.07) is 0. The van der Waals surface area contributed by atoms with Gasteiger partial charge in [0.1, 0.15) is 5.82 Å². The third kappa shape index (κ3) is 2.81. The summed E-state index contributed by atoms with van der Waals surface area (Å²) < 4.78 is 2.15. The third-order valence-corrected chi connectivity index (χ3v) is 3.16. The van der Waals surface area contributed by atoms with Gasteiger partial charge in [-0.3, -0.25) is 4.90 Å². The summed E-state index contributed by atoms with van der Waals surface area (Å²) in [6.45, 7) is 5.56. The van der Waals surface area contributed by atoms with Crippen LogP contribution in [0.25, 0.3) is 0 Å². The lowest BCUT2D eigenvalue weighted by atomic mass is 10.2. The minimum atomic E-state index is 1.02. The van der Waals surface area contributed by atoms with Crippen LogP contribution in [0, 0.1) is 6.92 Å². The van der Waals surface area contributed by atoms with Gasteiger partial charge in [-0.2, -0.15) is 0 Å². The molecular weight excluding hydrogens is 186 g/mol. The molecule has 0 radical (unpaired) electrons. The Morgan fingerprint density at radius 1 is 1.20 bits per heavy atom. The van der Waals surface area contributed by atoms with Gasteiger partial charge in [-0.15, -0.1) is 0 Å². The van der Waals surface area contributed by atoms with Gasteiger partial charge in [0.2, 0.25) is 0 Å². The summed E-state index contributed by atoms with van der Waals surface area (Å²) in [6.07, 6.45) is 7.60. The van der Waals surface area contributed by atoms with E-state index >= 15 is 0 Å². The van der Waals surface area contributed by atoms with Gasteiger partial charge < -0.3 is 4.57 Å². The van der Waals surface area contributed by atoms with Crippen LogP contribution in [-0.4, -0.2) is 27.5 Å². The summed E-state index contributed by atoms with van der Waals surface area (Å²) in [5.74, 6) is 1.20. The van der Waals surface area contributed by atoms with Crippen molar-refractivity contribution in [1.82, 2.24) is 14.5 Å². The third-order valence-electron chi connectivity index (χ3n) is 3.16. The van der Waals surface area contributed by atoms with Crippen LogP contribution < -0.4 is 0 Å². The topological polar surface area (TPSA) is 21.1 Å². The highest BCUT2D eigenvalue weighted by Crippen LogP contribution is 2.12. The van der Waals surface area contributed by atoms with Crippen LogP contribution >= 0.6 is 0 Å². The molecule has 1 aliphatic rings. The molecule has 0 aromatic carbocycles. The second kappa shape index (κ2) is 4.79. The molecule has 0 N–H and O–H groups in total. The van der Waals surface area contributed by atoms with Crippen molar-refractivity contribution in [2.45, 2.75) is 39.2 Å². The number of nitrogens with zero attached hydrogens (tertiary/aromatic N) is 3. The van der Waals surface area contributed by atoms with Crippen molar-refractivity contribution in [2.75, 3.05) is 13.1 Å². The molecule has 0 bridgehead atoms. The van der Waals surface area contributed by atoms with Gasteiger partial charge in [0.25, 0.3) is 0 Å². The lowest BCUT2D eigenvalue weighted by Gasteiger charge is -2.18. The lowest BCUT2D eigenvalue weighted by molar-refractivity contribution is 0.267. The van der Waals surface area contributed by atoms with Crippen molar-refractivity contribution in [3.63, 3.8) is 0 Å². The van der Waals surface area contributed by atoms with Gasteiger partial charge >= 0.3 is 0 Å². The fourth-order valence-corrected chi connectivity index (χ4v) is 2.31. The second-order valence-corrected chi connectivity index (χ2v) is 4.60. The van der Waals surface area contributed by atoms with Crippen molar-refractivity contribution in [2.24, 2.45) is 7.05 Å². The maximum absolute atomic E-state index is 4.56. The minimum Gasteiger partial charge on any atom is -0.337 e. The predicted octanol–water partition coefficient (Wildman–Crippen LogP) is 2.10. The average molecular weight is 207 g/mol. The molecule has 2 rings (SSSR count). The Kier molecular flexibility index (Phi) is 3.41. The second-order valence-electron chi connectivity index (χ2n) is 4.60. The van der Waals surface area contributed by atoms with E-state index < -0.39 is 0 Å². The van der Waals surface area contributed by atoms with E-state index in [2.05, 4.69) is 34.6 Å². The molecule has 0 atom stereocenters. The largest absolute Gasteiger partial charge is 0.337 e. The molecule has 1 aliphatic heterocycles. The van der Waals surface area contributed by atoms with E-state index in [4.69, 9.17) is 0 Å². The zero-order chi connectivity index (χ0) is 10.7. The molecule has 1 aromatic rings. The maximum atomic E-state index is 4.56. The van der Waals surface area contributed by atoms with Crippen LogP contribution in [0.5, 0.6) is 0 Å². The monoisotopic (exact) mass is 207 g/mol. The van der Waals surface area contributed by atoms with E-state index in [1.165, 1.54) is 44.6 Å². The predicted molar refractivity (Wildman–Crippen MR) is 61.7 cm³/mol. The number of rotatable bonds is 2. The van der Waals surface area contributed by atoms with Crippen LogP contribution in [-0.2, 0) is 13.6 Å². The Balaban J connectivity index is 1.97. The molecular formula is C12H21N3. The quantitative estimate of drug-likeness (QED) is 0.740. The van der Waals surface area contributed by atoms with E-state index in [0.717, 1.165) is 12.2 Å². The van der Waals surface area contributed by atoms with Gasteiger partial charge in [-0.25, -0.2) is 4.98 Å². The zero-order valence-electron chi connectivity index (χ0n) is 9.87. The Morgan fingerprint density at radius 2 is 1.87 bits per heavy atom. The lowest BCUT2D eigenvalue weighted by Crippen LogP contribution is -2.25. The number of hydrogen-bond donors (Lipinski definition) is 0. The molecule has 0 aliphatic carbocycles. The molecule has 2 heterocycles. The van der Waals surface area contributed by atoms with Crippen molar-refractivity contribution in [1.29, 1.82) is 0 Å². The molecule has 15 heavy (non-hydrogen) atoms. The normalized spacial score (nSPS) is 19.1. The Morgan fingerprint density at radius 3 is 2.40 bits per heavy atom. The molecule has 0 spiro atoms. The molecule has 0 saturated carbocycles. The fraction of sp³-hybridized carbons (Fsp3) is 0.750. The summed E-state index contributed by atoms with van der Waals surface area (Å²) in [4.78, 5) is 7.09. The van der Waals surface area contributed by atoms with Crippen LogP contribution in [0.1, 0.15) is 37.2 Å². The molecule has 1 fully saturated rings. The molecule has 0 amide bonds. The van der Waals surface area contributed by atoms with Crippen LogP contribution in [0.4, 0.5) is 0 Å². The first kappa shape index (κ1) is 10.7. The van der Waals surface area contributed by atoms with Crippen LogP contribution in [0.15, 0.2) is 6.20 Å². The standard InChI is InChI=1S/C12H21N3/c1-11-9-14(2)12(13-11)10-15-7-5-3-4-6-8-15/h9H,3-8,10H2,1-2H3. The van der Waals surface area contributed by atoms with E-state index in [9.17, 15) is 0 Å². The first-order valence-corrected chi connectivity index (χ1v) is 5.97. The van der Waals surface area contributed by atoms with Gasteiger partial charge in [0.15, 0.2) is 0 Å². The van der Waals surface area contributed by atoms with Crippen LogP contribution in [0.2, 0.25) is 0 Å². The molecule has 3 heteroatoms.